The van der Waals surface area contributed by atoms with Crippen LogP contribution in [-0.2, 0) is 5.75 Å². The fraction of sp³-hybridized carbons (Fsp3) is 0.333. The van der Waals surface area contributed by atoms with Crippen LogP contribution in [-0.4, -0.2) is 19.7 Å². The summed E-state index contributed by atoms with van der Waals surface area (Å²) in [4.78, 5) is 24.3. The van der Waals surface area contributed by atoms with Gasteiger partial charge in [0.15, 0.2) is 5.16 Å². The number of hydrogen-bond donors (Lipinski definition) is 0. The molecule has 0 aliphatic heterocycles. The molecular weight excluding hydrogens is 404 g/mol. The Kier molecular flexibility index (Phi) is 5.31. The number of benzene rings is 1. The van der Waals surface area contributed by atoms with Crippen LogP contribution >= 0.6 is 23.1 Å². The van der Waals surface area contributed by atoms with Crippen molar-refractivity contribution in [3.8, 4) is 11.4 Å². The van der Waals surface area contributed by atoms with Crippen LogP contribution in [0.15, 0.2) is 38.7 Å². The van der Waals surface area contributed by atoms with E-state index in [1.807, 2.05) is 58.9 Å². The zero-order valence-electron chi connectivity index (χ0n) is 17.0. The molecule has 0 saturated carbocycles. The average molecular weight is 427 g/mol. The van der Waals surface area contributed by atoms with Crippen molar-refractivity contribution in [1.29, 1.82) is 0 Å². The summed E-state index contributed by atoms with van der Waals surface area (Å²) < 4.78 is 7.17. The van der Waals surface area contributed by atoms with E-state index in [0.29, 0.717) is 22.6 Å². The highest BCUT2D eigenvalue weighted by atomic mass is 32.2. The number of aromatic nitrogens is 4. The molecule has 29 heavy (non-hydrogen) atoms. The van der Waals surface area contributed by atoms with E-state index in [1.54, 1.807) is 15.9 Å². The Balaban J connectivity index is 1.64. The van der Waals surface area contributed by atoms with Gasteiger partial charge < -0.3 is 4.52 Å². The topological polar surface area (TPSA) is 73.8 Å². The fourth-order valence-corrected chi connectivity index (χ4v) is 5.14. The Morgan fingerprint density at radius 1 is 1.14 bits per heavy atom. The number of rotatable bonds is 5. The summed E-state index contributed by atoms with van der Waals surface area (Å²) in [5.74, 6) is 1.52. The van der Waals surface area contributed by atoms with Gasteiger partial charge in [-0.05, 0) is 40.2 Å². The minimum Gasteiger partial charge on any atom is -0.338 e. The van der Waals surface area contributed by atoms with E-state index in [2.05, 4.69) is 10.1 Å². The molecule has 0 amide bonds. The summed E-state index contributed by atoms with van der Waals surface area (Å²) in [5.41, 5.74) is 3.13. The molecule has 4 aromatic rings. The molecule has 0 atom stereocenters. The third-order valence-electron chi connectivity index (χ3n) is 4.82. The van der Waals surface area contributed by atoms with Crippen molar-refractivity contribution < 1.29 is 4.52 Å². The molecule has 150 valence electrons. The van der Waals surface area contributed by atoms with Gasteiger partial charge in [0.1, 0.15) is 4.83 Å². The maximum absolute atomic E-state index is 13.1. The highest BCUT2D eigenvalue weighted by Crippen LogP contribution is 2.30. The number of aryl methyl sites for hydroxylation is 3. The van der Waals surface area contributed by atoms with Crippen molar-refractivity contribution in [3.05, 3.63) is 56.5 Å². The molecule has 0 unspecified atom stereocenters. The first-order chi connectivity index (χ1) is 13.8. The van der Waals surface area contributed by atoms with Crippen molar-refractivity contribution in [2.45, 2.75) is 51.6 Å². The van der Waals surface area contributed by atoms with Crippen molar-refractivity contribution in [2.24, 2.45) is 0 Å². The first-order valence-corrected chi connectivity index (χ1v) is 11.2. The summed E-state index contributed by atoms with van der Waals surface area (Å²) >= 11 is 3.01. The zero-order chi connectivity index (χ0) is 20.7. The number of fused-ring (bicyclic) bond motifs is 1. The maximum Gasteiger partial charge on any atom is 0.263 e. The fourth-order valence-electron chi connectivity index (χ4n) is 3.10. The minimum atomic E-state index is 0.00677. The van der Waals surface area contributed by atoms with Gasteiger partial charge in [0.05, 0.1) is 11.1 Å². The van der Waals surface area contributed by atoms with Crippen LogP contribution in [0.3, 0.4) is 0 Å². The zero-order valence-corrected chi connectivity index (χ0v) is 18.6. The van der Waals surface area contributed by atoms with Crippen molar-refractivity contribution >= 4 is 33.3 Å². The maximum atomic E-state index is 13.1. The van der Waals surface area contributed by atoms with Gasteiger partial charge in [-0.1, -0.05) is 46.7 Å². The van der Waals surface area contributed by atoms with Crippen LogP contribution in [0.25, 0.3) is 21.6 Å². The molecule has 1 aromatic carbocycles. The van der Waals surface area contributed by atoms with E-state index in [9.17, 15) is 4.79 Å². The Morgan fingerprint density at radius 3 is 2.55 bits per heavy atom. The molecule has 0 aliphatic rings. The van der Waals surface area contributed by atoms with Gasteiger partial charge in [0.25, 0.3) is 5.56 Å². The molecule has 0 spiro atoms. The molecule has 6 nitrogen and oxygen atoms in total. The van der Waals surface area contributed by atoms with Gasteiger partial charge in [-0.15, -0.1) is 11.3 Å². The Bertz CT molecular complexity index is 1240. The predicted octanol–water partition coefficient (Wildman–Crippen LogP) is 5.31. The molecule has 3 heterocycles. The minimum absolute atomic E-state index is 0.00677. The van der Waals surface area contributed by atoms with Gasteiger partial charge in [0, 0.05) is 16.5 Å². The van der Waals surface area contributed by atoms with E-state index < -0.39 is 0 Å². The van der Waals surface area contributed by atoms with Gasteiger partial charge >= 0.3 is 0 Å². The number of hydrogen-bond acceptors (Lipinski definition) is 7. The summed E-state index contributed by atoms with van der Waals surface area (Å²) in [6, 6.07) is 8.00. The largest absolute Gasteiger partial charge is 0.338 e. The lowest BCUT2D eigenvalue weighted by atomic mass is 10.1. The quantitative estimate of drug-likeness (QED) is 0.318. The van der Waals surface area contributed by atoms with Crippen LogP contribution in [0, 0.1) is 20.8 Å². The third-order valence-corrected chi connectivity index (χ3v) is 6.86. The standard InChI is InChI=1S/C21H22N4O2S2/c1-11(2)25-20(26)17-13(4)14(5)29-19(17)23-21(25)28-10-16-22-18(24-27-16)15-8-6-12(3)7-9-15/h6-9,11H,10H2,1-5H3. The molecule has 0 radical (unpaired) electrons. The summed E-state index contributed by atoms with van der Waals surface area (Å²) in [6.07, 6.45) is 0. The summed E-state index contributed by atoms with van der Waals surface area (Å²) in [6.45, 7) is 10.0. The smallest absolute Gasteiger partial charge is 0.263 e. The van der Waals surface area contributed by atoms with Gasteiger partial charge in [-0.2, -0.15) is 4.98 Å². The van der Waals surface area contributed by atoms with Crippen LogP contribution in [0.1, 0.15) is 41.8 Å². The van der Waals surface area contributed by atoms with E-state index >= 15 is 0 Å². The van der Waals surface area contributed by atoms with E-state index in [4.69, 9.17) is 9.51 Å². The SMILES string of the molecule is Cc1ccc(-c2noc(CSc3nc4sc(C)c(C)c4c(=O)n3C(C)C)n2)cc1. The first-order valence-electron chi connectivity index (χ1n) is 9.39. The second-order valence-corrected chi connectivity index (χ2v) is 9.44. The van der Waals surface area contributed by atoms with Gasteiger partial charge in [0.2, 0.25) is 11.7 Å². The van der Waals surface area contributed by atoms with Crippen molar-refractivity contribution in [3.63, 3.8) is 0 Å². The van der Waals surface area contributed by atoms with E-state index in [-0.39, 0.29) is 11.6 Å². The molecule has 4 rings (SSSR count). The summed E-state index contributed by atoms with van der Waals surface area (Å²) in [7, 11) is 0. The molecular formula is C21H22N4O2S2. The Labute approximate surface area is 177 Å². The predicted molar refractivity (Wildman–Crippen MR) is 118 cm³/mol. The Morgan fingerprint density at radius 2 is 1.86 bits per heavy atom. The van der Waals surface area contributed by atoms with Crippen LogP contribution in [0.2, 0.25) is 0 Å². The van der Waals surface area contributed by atoms with E-state index in [1.165, 1.54) is 17.3 Å². The highest BCUT2D eigenvalue weighted by Gasteiger charge is 2.19. The number of nitrogens with zero attached hydrogens (tertiary/aromatic N) is 4. The first kappa shape index (κ1) is 19.8. The lowest BCUT2D eigenvalue weighted by Gasteiger charge is -2.14. The monoisotopic (exact) mass is 426 g/mol. The van der Waals surface area contributed by atoms with Gasteiger partial charge in [-0.3, -0.25) is 9.36 Å². The third kappa shape index (κ3) is 3.74. The average Bonchev–Trinajstić information content (AvgIpc) is 3.25. The lowest BCUT2D eigenvalue weighted by Crippen LogP contribution is -2.24. The lowest BCUT2D eigenvalue weighted by molar-refractivity contribution is 0.391. The Hall–Kier alpha value is -2.45. The second-order valence-electron chi connectivity index (χ2n) is 7.29. The molecule has 8 heteroatoms. The van der Waals surface area contributed by atoms with Crippen molar-refractivity contribution in [1.82, 2.24) is 19.7 Å². The second kappa shape index (κ2) is 7.76. The molecule has 0 aliphatic carbocycles. The number of thioether (sulfide) groups is 1. The normalized spacial score (nSPS) is 11.7. The molecule has 3 aromatic heterocycles. The highest BCUT2D eigenvalue weighted by molar-refractivity contribution is 7.98. The van der Waals surface area contributed by atoms with E-state index in [0.717, 1.165) is 26.2 Å². The van der Waals surface area contributed by atoms with Crippen molar-refractivity contribution in [2.75, 3.05) is 0 Å². The number of thiophene rings is 1. The molecule has 0 fully saturated rings. The molecule has 0 saturated heterocycles. The molecule has 0 bridgehead atoms. The van der Waals surface area contributed by atoms with Crippen LogP contribution in [0.5, 0.6) is 0 Å². The van der Waals surface area contributed by atoms with Crippen LogP contribution in [0.4, 0.5) is 0 Å². The summed E-state index contributed by atoms with van der Waals surface area (Å²) in [5, 5.41) is 5.48. The van der Waals surface area contributed by atoms with Gasteiger partial charge in [-0.25, -0.2) is 4.98 Å². The molecule has 0 N–H and O–H groups in total. The van der Waals surface area contributed by atoms with Crippen LogP contribution < -0.4 is 5.56 Å².